The standard InChI is InChI=1S/C24H26FN3O2S/c1-15-12-27(21-6-4-5-20-23(21)30-24(29)26(20)3)13-16(2)28(15)10-9-17-14-31-22-8-7-18(25)11-19(17)22/h4-8,11,14-16H,9-10,12-13H2,1-3H3/t15-,16+. The van der Waals surface area contributed by atoms with Crippen LogP contribution in [0.3, 0.4) is 0 Å². The first-order valence-corrected chi connectivity index (χ1v) is 11.5. The van der Waals surface area contributed by atoms with Crippen molar-refractivity contribution in [2.45, 2.75) is 32.4 Å². The largest absolute Gasteiger partial charge is 0.419 e. The fraction of sp³-hybridized carbons (Fsp3) is 0.375. The number of aryl methyl sites for hydroxylation is 1. The maximum absolute atomic E-state index is 13.7. The van der Waals surface area contributed by atoms with E-state index < -0.39 is 0 Å². The van der Waals surface area contributed by atoms with Crippen LogP contribution in [0.5, 0.6) is 0 Å². The number of halogens is 1. The van der Waals surface area contributed by atoms with Crippen molar-refractivity contribution >= 4 is 38.2 Å². The maximum Gasteiger partial charge on any atom is 0.419 e. The van der Waals surface area contributed by atoms with Crippen molar-refractivity contribution in [2.24, 2.45) is 7.05 Å². The van der Waals surface area contributed by atoms with E-state index in [9.17, 15) is 9.18 Å². The van der Waals surface area contributed by atoms with Crippen LogP contribution in [0.25, 0.3) is 21.2 Å². The van der Waals surface area contributed by atoms with Gasteiger partial charge in [-0.05, 0) is 66.9 Å². The van der Waals surface area contributed by atoms with Gasteiger partial charge in [-0.3, -0.25) is 9.47 Å². The Kier molecular flexibility index (Phi) is 5.10. The molecule has 1 saturated heterocycles. The Bertz CT molecular complexity index is 1300. The van der Waals surface area contributed by atoms with Crippen LogP contribution in [0.1, 0.15) is 19.4 Å². The van der Waals surface area contributed by atoms with Crippen LogP contribution in [0.4, 0.5) is 10.1 Å². The van der Waals surface area contributed by atoms with Crippen molar-refractivity contribution in [3.05, 3.63) is 63.7 Å². The number of rotatable bonds is 4. The Morgan fingerprint density at radius 1 is 1.16 bits per heavy atom. The average Bonchev–Trinajstić information content (AvgIpc) is 3.27. The molecule has 0 radical (unpaired) electrons. The average molecular weight is 440 g/mol. The summed E-state index contributed by atoms with van der Waals surface area (Å²) < 4.78 is 22.0. The first-order valence-electron chi connectivity index (χ1n) is 10.7. The molecule has 31 heavy (non-hydrogen) atoms. The summed E-state index contributed by atoms with van der Waals surface area (Å²) in [5.74, 6) is -0.508. The zero-order chi connectivity index (χ0) is 21.7. The third-order valence-electron chi connectivity index (χ3n) is 6.50. The molecule has 3 heterocycles. The monoisotopic (exact) mass is 439 g/mol. The quantitative estimate of drug-likeness (QED) is 0.465. The van der Waals surface area contributed by atoms with Crippen molar-refractivity contribution in [1.29, 1.82) is 0 Å². The second-order valence-electron chi connectivity index (χ2n) is 8.54. The summed E-state index contributed by atoms with van der Waals surface area (Å²) in [6.45, 7) is 7.15. The Morgan fingerprint density at radius 2 is 1.94 bits per heavy atom. The van der Waals surface area contributed by atoms with Gasteiger partial charge in [0.05, 0.1) is 11.2 Å². The summed E-state index contributed by atoms with van der Waals surface area (Å²) in [6.07, 6.45) is 0.904. The number of para-hydroxylation sites is 1. The molecule has 5 rings (SSSR count). The molecule has 7 heteroatoms. The number of piperazine rings is 1. The smallest absolute Gasteiger partial charge is 0.405 e. The lowest BCUT2D eigenvalue weighted by Gasteiger charge is -2.45. The lowest BCUT2D eigenvalue weighted by molar-refractivity contribution is 0.134. The number of nitrogens with zero attached hydrogens (tertiary/aromatic N) is 3. The second kappa shape index (κ2) is 7.80. The number of oxazole rings is 1. The Morgan fingerprint density at radius 3 is 2.71 bits per heavy atom. The number of fused-ring (bicyclic) bond motifs is 2. The topological polar surface area (TPSA) is 41.6 Å². The predicted molar refractivity (Wildman–Crippen MR) is 125 cm³/mol. The fourth-order valence-corrected chi connectivity index (χ4v) is 5.85. The van der Waals surface area contributed by atoms with Crippen LogP contribution < -0.4 is 10.7 Å². The van der Waals surface area contributed by atoms with E-state index in [1.54, 1.807) is 29.0 Å². The number of aromatic nitrogens is 1. The van der Waals surface area contributed by atoms with Crippen LogP contribution >= 0.6 is 11.3 Å². The second-order valence-corrected chi connectivity index (χ2v) is 9.46. The van der Waals surface area contributed by atoms with Gasteiger partial charge in [0.25, 0.3) is 0 Å². The minimum absolute atomic E-state index is 0.177. The van der Waals surface area contributed by atoms with Crippen molar-refractivity contribution in [3.8, 4) is 0 Å². The van der Waals surface area contributed by atoms with Gasteiger partial charge in [-0.25, -0.2) is 9.18 Å². The minimum atomic E-state index is -0.332. The molecule has 0 bridgehead atoms. The molecule has 2 aromatic heterocycles. The molecule has 0 N–H and O–H groups in total. The van der Waals surface area contributed by atoms with Gasteiger partial charge in [0.2, 0.25) is 0 Å². The van der Waals surface area contributed by atoms with Gasteiger partial charge < -0.3 is 9.32 Å². The molecule has 0 saturated carbocycles. The van der Waals surface area contributed by atoms with Gasteiger partial charge in [0.1, 0.15) is 5.82 Å². The lowest BCUT2D eigenvalue weighted by atomic mass is 10.0. The first kappa shape index (κ1) is 20.3. The number of hydrogen-bond acceptors (Lipinski definition) is 5. The molecule has 0 amide bonds. The Hall–Kier alpha value is -2.64. The van der Waals surface area contributed by atoms with Crippen molar-refractivity contribution in [3.63, 3.8) is 0 Å². The summed E-state index contributed by atoms with van der Waals surface area (Å²) in [4.78, 5) is 16.9. The van der Waals surface area contributed by atoms with E-state index in [0.717, 1.165) is 47.3 Å². The van der Waals surface area contributed by atoms with Gasteiger partial charge in [-0.15, -0.1) is 11.3 Å². The van der Waals surface area contributed by atoms with E-state index in [4.69, 9.17) is 4.42 Å². The first-order chi connectivity index (χ1) is 14.9. The third kappa shape index (κ3) is 3.55. The van der Waals surface area contributed by atoms with Gasteiger partial charge in [-0.1, -0.05) is 6.07 Å². The van der Waals surface area contributed by atoms with E-state index in [1.807, 2.05) is 24.3 Å². The summed E-state index contributed by atoms with van der Waals surface area (Å²) >= 11 is 1.68. The SMILES string of the molecule is C[C@@H]1CN(c2cccc3c2oc(=O)n3C)C[C@H](C)N1CCc1csc2ccc(F)cc12. The molecule has 5 nitrogen and oxygen atoms in total. The zero-order valence-electron chi connectivity index (χ0n) is 18.0. The van der Waals surface area contributed by atoms with Crippen LogP contribution in [-0.2, 0) is 13.5 Å². The summed E-state index contributed by atoms with van der Waals surface area (Å²) in [5, 5.41) is 3.20. The van der Waals surface area contributed by atoms with E-state index in [2.05, 4.69) is 29.0 Å². The van der Waals surface area contributed by atoms with Crippen LogP contribution in [0, 0.1) is 5.82 Å². The van der Waals surface area contributed by atoms with Gasteiger partial charge in [0.15, 0.2) is 5.58 Å². The van der Waals surface area contributed by atoms with Crippen LogP contribution in [-0.4, -0.2) is 41.2 Å². The zero-order valence-corrected chi connectivity index (χ0v) is 18.8. The predicted octanol–water partition coefficient (Wildman–Crippen LogP) is 4.63. The molecule has 4 aromatic rings. The number of thiophene rings is 1. The normalized spacial score (nSPS) is 20.2. The minimum Gasteiger partial charge on any atom is -0.405 e. The molecule has 0 spiro atoms. The van der Waals surface area contributed by atoms with E-state index in [-0.39, 0.29) is 11.6 Å². The molecular weight excluding hydrogens is 413 g/mol. The Labute approximate surface area is 184 Å². The summed E-state index contributed by atoms with van der Waals surface area (Å²) in [6, 6.07) is 11.7. The van der Waals surface area contributed by atoms with Crippen LogP contribution in [0.15, 0.2) is 51.0 Å². The summed E-state index contributed by atoms with van der Waals surface area (Å²) in [5.41, 5.74) is 3.68. The summed E-state index contributed by atoms with van der Waals surface area (Å²) in [7, 11) is 1.74. The van der Waals surface area contributed by atoms with E-state index >= 15 is 0 Å². The van der Waals surface area contributed by atoms with E-state index in [1.165, 1.54) is 11.6 Å². The highest BCUT2D eigenvalue weighted by atomic mass is 32.1. The van der Waals surface area contributed by atoms with Gasteiger partial charge in [0, 0.05) is 43.5 Å². The fourth-order valence-electron chi connectivity index (χ4n) is 4.88. The highest BCUT2D eigenvalue weighted by molar-refractivity contribution is 7.17. The lowest BCUT2D eigenvalue weighted by Crippen LogP contribution is -2.57. The molecule has 2 atom stereocenters. The van der Waals surface area contributed by atoms with Crippen molar-refractivity contribution in [1.82, 2.24) is 9.47 Å². The van der Waals surface area contributed by atoms with Gasteiger partial charge in [-0.2, -0.15) is 0 Å². The van der Waals surface area contributed by atoms with Gasteiger partial charge >= 0.3 is 5.76 Å². The van der Waals surface area contributed by atoms with Crippen molar-refractivity contribution in [2.75, 3.05) is 24.5 Å². The molecule has 2 aromatic carbocycles. The van der Waals surface area contributed by atoms with Crippen molar-refractivity contribution < 1.29 is 8.81 Å². The number of benzene rings is 2. The maximum atomic E-state index is 13.7. The molecular formula is C24H26FN3O2S. The van der Waals surface area contributed by atoms with Crippen LogP contribution in [0.2, 0.25) is 0 Å². The number of hydrogen-bond donors (Lipinski definition) is 0. The number of anilines is 1. The Balaban J connectivity index is 1.34. The molecule has 1 fully saturated rings. The third-order valence-corrected chi connectivity index (χ3v) is 7.51. The molecule has 0 aliphatic carbocycles. The highest BCUT2D eigenvalue weighted by Gasteiger charge is 2.30. The highest BCUT2D eigenvalue weighted by Crippen LogP contribution is 2.31. The molecule has 0 unspecified atom stereocenters. The molecule has 1 aliphatic rings. The van der Waals surface area contributed by atoms with E-state index in [0.29, 0.717) is 17.7 Å². The molecule has 1 aliphatic heterocycles. The molecule has 162 valence electrons.